The molecule has 0 spiro atoms. The molecule has 1 aromatic heterocycles. The molecule has 0 aliphatic carbocycles. The number of hydrogen-bond acceptors (Lipinski definition) is 2. The van der Waals surface area contributed by atoms with Crippen LogP contribution in [-0.4, -0.2) is 6.54 Å². The van der Waals surface area contributed by atoms with Crippen LogP contribution < -0.4 is 5.32 Å². The number of thiophene rings is 1. The van der Waals surface area contributed by atoms with E-state index in [4.69, 9.17) is 0 Å². The zero-order valence-electron chi connectivity index (χ0n) is 11.4. The summed E-state index contributed by atoms with van der Waals surface area (Å²) in [5.41, 5.74) is 0.983. The van der Waals surface area contributed by atoms with E-state index in [1.54, 1.807) is 17.4 Å². The molecule has 0 fully saturated rings. The predicted octanol–water partition coefficient (Wildman–Crippen LogP) is 6.46. The van der Waals surface area contributed by atoms with Crippen LogP contribution in [0.1, 0.15) is 29.8 Å². The first-order valence-corrected chi connectivity index (χ1v) is 9.82. The number of rotatable bonds is 6. The standard InChI is InChI=1S/C15H15Br3FNS/c1-2-3-20-13(14-8-12(17)15(18)21-14)6-9-4-10(16)7-11(19)5-9/h4-5,7-8,13,20H,2-3,6H2,1H3. The molecule has 21 heavy (non-hydrogen) atoms. The van der Waals surface area contributed by atoms with Crippen LogP contribution in [0, 0.1) is 5.82 Å². The molecule has 1 heterocycles. The minimum atomic E-state index is -0.206. The highest BCUT2D eigenvalue weighted by Gasteiger charge is 2.16. The summed E-state index contributed by atoms with van der Waals surface area (Å²) >= 11 is 12.1. The van der Waals surface area contributed by atoms with Crippen LogP contribution in [0.3, 0.4) is 0 Å². The Morgan fingerprint density at radius 3 is 2.52 bits per heavy atom. The highest BCUT2D eigenvalue weighted by Crippen LogP contribution is 2.36. The molecule has 0 saturated heterocycles. The zero-order chi connectivity index (χ0) is 15.4. The molecule has 0 aliphatic heterocycles. The van der Waals surface area contributed by atoms with E-state index in [2.05, 4.69) is 66.1 Å². The lowest BCUT2D eigenvalue weighted by Crippen LogP contribution is -2.23. The van der Waals surface area contributed by atoms with Crippen LogP contribution in [0.25, 0.3) is 0 Å². The lowest BCUT2D eigenvalue weighted by molar-refractivity contribution is 0.534. The largest absolute Gasteiger partial charge is 0.309 e. The van der Waals surface area contributed by atoms with Gasteiger partial charge in [0.05, 0.1) is 3.79 Å². The Morgan fingerprint density at radius 1 is 1.19 bits per heavy atom. The molecule has 0 radical (unpaired) electrons. The first-order valence-electron chi connectivity index (χ1n) is 6.62. The van der Waals surface area contributed by atoms with Gasteiger partial charge < -0.3 is 5.32 Å². The highest BCUT2D eigenvalue weighted by atomic mass is 79.9. The van der Waals surface area contributed by atoms with Gasteiger partial charge in [0.2, 0.25) is 0 Å². The SMILES string of the molecule is CCCNC(Cc1cc(F)cc(Br)c1)c1cc(Br)c(Br)s1. The summed E-state index contributed by atoms with van der Waals surface area (Å²) in [4.78, 5) is 1.24. The maximum absolute atomic E-state index is 13.5. The number of benzene rings is 1. The van der Waals surface area contributed by atoms with Gasteiger partial charge >= 0.3 is 0 Å². The second-order valence-electron chi connectivity index (χ2n) is 4.76. The van der Waals surface area contributed by atoms with Crippen LogP contribution in [0.2, 0.25) is 0 Å². The second kappa shape index (κ2) is 8.20. The molecule has 2 rings (SSSR count). The average Bonchev–Trinajstić information content (AvgIpc) is 2.73. The van der Waals surface area contributed by atoms with Crippen LogP contribution >= 0.6 is 59.1 Å². The third-order valence-electron chi connectivity index (χ3n) is 3.01. The monoisotopic (exact) mass is 497 g/mol. The minimum Gasteiger partial charge on any atom is -0.309 e. The topological polar surface area (TPSA) is 12.0 Å². The fourth-order valence-corrected chi connectivity index (χ4v) is 4.77. The van der Waals surface area contributed by atoms with E-state index in [9.17, 15) is 4.39 Å². The summed E-state index contributed by atoms with van der Waals surface area (Å²) in [6.45, 7) is 3.08. The summed E-state index contributed by atoms with van der Waals surface area (Å²) < 4.78 is 16.5. The van der Waals surface area contributed by atoms with E-state index in [1.165, 1.54) is 10.9 Å². The first-order chi connectivity index (χ1) is 9.99. The van der Waals surface area contributed by atoms with E-state index in [-0.39, 0.29) is 11.9 Å². The van der Waals surface area contributed by atoms with Gasteiger partial charge in [0.1, 0.15) is 5.82 Å². The molecule has 1 nitrogen and oxygen atoms in total. The van der Waals surface area contributed by atoms with E-state index in [0.29, 0.717) is 0 Å². The summed E-state index contributed by atoms with van der Waals surface area (Å²) in [6, 6.07) is 7.36. The predicted molar refractivity (Wildman–Crippen MR) is 98.6 cm³/mol. The Kier molecular flexibility index (Phi) is 6.87. The van der Waals surface area contributed by atoms with Crippen molar-refractivity contribution in [3.63, 3.8) is 0 Å². The molecule has 0 aliphatic rings. The van der Waals surface area contributed by atoms with Crippen LogP contribution in [0.5, 0.6) is 0 Å². The first kappa shape index (κ1) is 17.6. The van der Waals surface area contributed by atoms with Gasteiger partial charge in [0.25, 0.3) is 0 Å². The highest BCUT2D eigenvalue weighted by molar-refractivity contribution is 9.13. The van der Waals surface area contributed by atoms with Crippen molar-refractivity contribution in [2.45, 2.75) is 25.8 Å². The smallest absolute Gasteiger partial charge is 0.124 e. The van der Waals surface area contributed by atoms with Crippen molar-refractivity contribution >= 4 is 59.1 Å². The molecule has 6 heteroatoms. The van der Waals surface area contributed by atoms with E-state index in [1.807, 2.05) is 6.07 Å². The Labute approximate surface area is 153 Å². The summed E-state index contributed by atoms with van der Waals surface area (Å²) in [6.07, 6.45) is 1.83. The fraction of sp³-hybridized carbons (Fsp3) is 0.333. The quantitative estimate of drug-likeness (QED) is 0.481. The number of halogens is 4. The molecule has 0 amide bonds. The van der Waals surface area contributed by atoms with Gasteiger partial charge in [-0.2, -0.15) is 0 Å². The van der Waals surface area contributed by atoms with Gasteiger partial charge in [0, 0.05) is 19.9 Å². The summed E-state index contributed by atoms with van der Waals surface area (Å²) in [7, 11) is 0. The third-order valence-corrected chi connectivity index (χ3v) is 6.84. The van der Waals surface area contributed by atoms with E-state index < -0.39 is 0 Å². The molecule has 1 aromatic carbocycles. The van der Waals surface area contributed by atoms with Crippen molar-refractivity contribution < 1.29 is 4.39 Å². The van der Waals surface area contributed by atoms with Crippen molar-refractivity contribution in [3.05, 3.63) is 53.3 Å². The molecular weight excluding hydrogens is 485 g/mol. The molecule has 114 valence electrons. The van der Waals surface area contributed by atoms with Crippen LogP contribution in [0.15, 0.2) is 37.0 Å². The Morgan fingerprint density at radius 2 is 1.95 bits per heavy atom. The lowest BCUT2D eigenvalue weighted by atomic mass is 10.0. The maximum Gasteiger partial charge on any atom is 0.124 e. The summed E-state index contributed by atoms with van der Waals surface area (Å²) in [5.74, 6) is -0.206. The normalized spacial score (nSPS) is 12.6. The minimum absolute atomic E-state index is 0.186. The second-order valence-corrected chi connectivity index (χ2v) is 8.93. The Hall–Kier alpha value is 0.250. The van der Waals surface area contributed by atoms with Gasteiger partial charge in [0.15, 0.2) is 0 Å². The Bertz CT molecular complexity index is 575. The molecule has 0 bridgehead atoms. The number of hydrogen-bond donors (Lipinski definition) is 1. The van der Waals surface area contributed by atoms with E-state index in [0.717, 1.165) is 37.7 Å². The van der Waals surface area contributed by atoms with Gasteiger partial charge in [-0.3, -0.25) is 0 Å². The van der Waals surface area contributed by atoms with Gasteiger partial charge in [-0.05, 0) is 81.1 Å². The van der Waals surface area contributed by atoms with E-state index >= 15 is 0 Å². The number of nitrogens with one attached hydrogen (secondary N) is 1. The van der Waals surface area contributed by atoms with Gasteiger partial charge in [-0.15, -0.1) is 11.3 Å². The zero-order valence-corrected chi connectivity index (χ0v) is 17.0. The molecular formula is C15H15Br3FNS. The third kappa shape index (κ3) is 5.13. The lowest BCUT2D eigenvalue weighted by Gasteiger charge is -2.17. The van der Waals surface area contributed by atoms with Gasteiger partial charge in [-0.1, -0.05) is 22.9 Å². The van der Waals surface area contributed by atoms with Crippen molar-refractivity contribution in [2.24, 2.45) is 0 Å². The van der Waals surface area contributed by atoms with Crippen molar-refractivity contribution in [1.29, 1.82) is 0 Å². The van der Waals surface area contributed by atoms with Crippen LogP contribution in [0.4, 0.5) is 4.39 Å². The maximum atomic E-state index is 13.5. The molecule has 1 atom stereocenters. The molecule has 0 saturated carbocycles. The fourth-order valence-electron chi connectivity index (χ4n) is 2.09. The average molecular weight is 500 g/mol. The van der Waals surface area contributed by atoms with Gasteiger partial charge in [-0.25, -0.2) is 4.39 Å². The molecule has 2 aromatic rings. The molecule has 1 unspecified atom stereocenters. The van der Waals surface area contributed by atoms with Crippen molar-refractivity contribution in [1.82, 2.24) is 5.32 Å². The molecule has 1 N–H and O–H groups in total. The van der Waals surface area contributed by atoms with Crippen molar-refractivity contribution in [3.8, 4) is 0 Å². The Balaban J connectivity index is 2.23. The van der Waals surface area contributed by atoms with Crippen molar-refractivity contribution in [2.75, 3.05) is 6.54 Å². The van der Waals surface area contributed by atoms with Crippen LogP contribution in [-0.2, 0) is 6.42 Å². The summed E-state index contributed by atoms with van der Waals surface area (Å²) in [5, 5.41) is 3.54.